The molecule has 0 bridgehead atoms. The van der Waals surface area contributed by atoms with Crippen LogP contribution in [0.5, 0.6) is 0 Å². The van der Waals surface area contributed by atoms with Gasteiger partial charge >= 0.3 is 0 Å². The number of rotatable bonds is 16. The van der Waals surface area contributed by atoms with Crippen molar-refractivity contribution in [2.75, 3.05) is 51.3 Å². The van der Waals surface area contributed by atoms with Crippen LogP contribution in [0.1, 0.15) is 44.7 Å². The first-order chi connectivity index (χ1) is 23.2. The second-order valence-electron chi connectivity index (χ2n) is 12.6. The van der Waals surface area contributed by atoms with Gasteiger partial charge in [0, 0.05) is 75.6 Å². The molecular formula is C41H52N2O5. The van der Waals surface area contributed by atoms with Crippen LogP contribution < -0.4 is 9.80 Å². The smallest absolute Gasteiger partial charge is 0.178 e. The maximum absolute atomic E-state index is 13.0. The molecular weight excluding hydrogens is 600 g/mol. The van der Waals surface area contributed by atoms with Crippen molar-refractivity contribution >= 4 is 17.2 Å². The van der Waals surface area contributed by atoms with E-state index in [1.54, 1.807) is 40.6 Å². The third kappa shape index (κ3) is 9.11. The highest BCUT2D eigenvalue weighted by molar-refractivity contribution is 5.99. The van der Waals surface area contributed by atoms with Gasteiger partial charge in [-0.25, -0.2) is 0 Å². The quantitative estimate of drug-likeness (QED) is 0.103. The minimum absolute atomic E-state index is 0.0554. The molecule has 0 spiro atoms. The van der Waals surface area contributed by atoms with E-state index in [2.05, 4.69) is 103 Å². The number of hydrogen-bond acceptors (Lipinski definition) is 7. The number of fused-ring (bicyclic) bond motifs is 2. The van der Waals surface area contributed by atoms with Crippen molar-refractivity contribution in [3.05, 3.63) is 132 Å². The van der Waals surface area contributed by atoms with Crippen molar-refractivity contribution in [1.29, 1.82) is 0 Å². The Hall–Kier alpha value is -4.01. The number of allylic oxidation sites excluding steroid dienone is 8. The van der Waals surface area contributed by atoms with Gasteiger partial charge in [0.1, 0.15) is 0 Å². The molecule has 4 rings (SSSR count). The Kier molecular flexibility index (Phi) is 13.8. The van der Waals surface area contributed by atoms with E-state index in [0.29, 0.717) is 5.92 Å². The van der Waals surface area contributed by atoms with E-state index in [-0.39, 0.29) is 23.8 Å². The Morgan fingerprint density at radius 3 is 1.96 bits per heavy atom. The van der Waals surface area contributed by atoms with E-state index in [0.717, 1.165) is 38.0 Å². The maximum atomic E-state index is 13.0. The second-order valence-corrected chi connectivity index (χ2v) is 12.6. The van der Waals surface area contributed by atoms with Gasteiger partial charge in [-0.1, -0.05) is 81.5 Å². The van der Waals surface area contributed by atoms with Gasteiger partial charge in [-0.2, -0.15) is 0 Å². The molecule has 0 saturated carbocycles. The average Bonchev–Trinajstić information content (AvgIpc) is 3.30. The lowest BCUT2D eigenvalue weighted by Crippen LogP contribution is -2.32. The minimum atomic E-state index is -0.354. The maximum Gasteiger partial charge on any atom is 0.178 e. The van der Waals surface area contributed by atoms with Gasteiger partial charge in [0.15, 0.2) is 18.4 Å². The van der Waals surface area contributed by atoms with Crippen LogP contribution >= 0.6 is 0 Å². The average molecular weight is 653 g/mol. The van der Waals surface area contributed by atoms with Gasteiger partial charge in [0.2, 0.25) is 0 Å². The zero-order valence-corrected chi connectivity index (χ0v) is 29.6. The minimum Gasteiger partial charge on any atom is -0.352 e. The first-order valence-corrected chi connectivity index (χ1v) is 16.7. The third-order valence-electron chi connectivity index (χ3n) is 9.02. The number of para-hydroxylation sites is 2. The van der Waals surface area contributed by atoms with Crippen molar-refractivity contribution in [2.45, 2.75) is 58.0 Å². The van der Waals surface area contributed by atoms with E-state index in [4.69, 9.17) is 18.9 Å². The summed E-state index contributed by atoms with van der Waals surface area (Å²) in [6.45, 7) is 8.32. The summed E-state index contributed by atoms with van der Waals surface area (Å²) < 4.78 is 21.1. The Balaban J connectivity index is 1.49. The summed E-state index contributed by atoms with van der Waals surface area (Å²) in [7, 11) is 6.52. The SMILES string of the molecule is COC(/C=C/CCN1/C(=C/C=C/C(=O)/C=C/C=C2/N(CC/C=C/C(OC)OC)c3ccccc3C2(C)C)C(C)Cc2ccccc21)OC. The van der Waals surface area contributed by atoms with Gasteiger partial charge in [-0.3, -0.25) is 4.79 Å². The number of methoxy groups -OCH3 is 4. The molecule has 0 radical (unpaired) electrons. The molecule has 1 atom stereocenters. The molecule has 2 aromatic rings. The van der Waals surface area contributed by atoms with E-state index in [1.165, 1.54) is 28.2 Å². The Bertz CT molecular complexity index is 1540. The molecule has 256 valence electrons. The number of carbonyl (C=O) groups excluding carboxylic acids is 1. The van der Waals surface area contributed by atoms with E-state index >= 15 is 0 Å². The molecule has 7 nitrogen and oxygen atoms in total. The van der Waals surface area contributed by atoms with Crippen LogP contribution in [0.25, 0.3) is 0 Å². The summed E-state index contributed by atoms with van der Waals surface area (Å²) in [6, 6.07) is 17.1. The zero-order valence-electron chi connectivity index (χ0n) is 29.6. The fraction of sp³-hybridized carbons (Fsp3) is 0.390. The molecule has 0 fully saturated rings. The number of anilines is 2. The van der Waals surface area contributed by atoms with Crippen LogP contribution in [-0.4, -0.2) is 59.9 Å². The largest absolute Gasteiger partial charge is 0.352 e. The first-order valence-electron chi connectivity index (χ1n) is 16.7. The predicted molar refractivity (Wildman–Crippen MR) is 196 cm³/mol. The van der Waals surface area contributed by atoms with E-state index < -0.39 is 0 Å². The first kappa shape index (κ1) is 36.8. The summed E-state index contributed by atoms with van der Waals surface area (Å²) in [5, 5.41) is 0. The standard InChI is InChI=1S/C41H52N2O5/c1-31-30-32-18-8-10-22-36(32)42(28-14-12-26-39(45-4)46-5)35(31)24-16-19-33(44)20-17-25-38-41(2,3)34-21-9-11-23-37(34)43(38)29-15-13-27-40(47-6)48-7/h8-13,16-27,31,39-40H,14-15,28-30H2,1-7H3/b19-16+,20-17+,26-12+,27-13+,35-24+,38-25+. The number of ether oxygens (including phenoxy) is 4. The fourth-order valence-electron chi connectivity index (χ4n) is 6.53. The molecule has 0 saturated heterocycles. The van der Waals surface area contributed by atoms with E-state index in [1.807, 2.05) is 24.3 Å². The van der Waals surface area contributed by atoms with Crippen LogP contribution in [0.3, 0.4) is 0 Å². The number of nitrogens with zero attached hydrogens (tertiary/aromatic N) is 2. The molecule has 7 heteroatoms. The van der Waals surface area contributed by atoms with Crippen molar-refractivity contribution in [3.63, 3.8) is 0 Å². The number of hydrogen-bond donors (Lipinski definition) is 0. The number of ketones is 1. The van der Waals surface area contributed by atoms with Crippen LogP contribution in [0, 0.1) is 5.92 Å². The molecule has 2 aromatic carbocycles. The Labute approximate surface area is 287 Å². The van der Waals surface area contributed by atoms with Gasteiger partial charge in [-0.05, 0) is 79.0 Å². The molecule has 48 heavy (non-hydrogen) atoms. The molecule has 0 N–H and O–H groups in total. The van der Waals surface area contributed by atoms with Crippen molar-refractivity contribution < 1.29 is 23.7 Å². The summed E-state index contributed by atoms with van der Waals surface area (Å²) in [5.41, 5.74) is 7.19. The molecule has 2 heterocycles. The Morgan fingerprint density at radius 2 is 1.33 bits per heavy atom. The van der Waals surface area contributed by atoms with Crippen molar-refractivity contribution in [1.82, 2.24) is 0 Å². The zero-order chi connectivity index (χ0) is 34.5. The van der Waals surface area contributed by atoms with Crippen LogP contribution in [0.4, 0.5) is 11.4 Å². The predicted octanol–water partition coefficient (Wildman–Crippen LogP) is 8.06. The molecule has 0 amide bonds. The lowest BCUT2D eigenvalue weighted by molar-refractivity contribution is -0.110. The number of benzene rings is 2. The molecule has 0 aromatic heterocycles. The van der Waals surface area contributed by atoms with E-state index in [9.17, 15) is 4.79 Å². The van der Waals surface area contributed by atoms with Crippen LogP contribution in [-0.2, 0) is 35.6 Å². The molecule has 1 unspecified atom stereocenters. The lowest BCUT2D eigenvalue weighted by Gasteiger charge is -2.37. The summed E-state index contributed by atoms with van der Waals surface area (Å²) in [4.78, 5) is 17.7. The Morgan fingerprint density at radius 1 is 0.792 bits per heavy atom. The van der Waals surface area contributed by atoms with Crippen LogP contribution in [0.2, 0.25) is 0 Å². The highest BCUT2D eigenvalue weighted by Crippen LogP contribution is 2.47. The highest BCUT2D eigenvalue weighted by atomic mass is 16.7. The number of carbonyl (C=O) groups is 1. The van der Waals surface area contributed by atoms with Crippen LogP contribution in [0.15, 0.2) is 121 Å². The van der Waals surface area contributed by atoms with Crippen molar-refractivity contribution in [2.24, 2.45) is 5.92 Å². The molecule has 2 aliphatic rings. The normalized spacial score (nSPS) is 19.4. The highest BCUT2D eigenvalue weighted by Gasteiger charge is 2.39. The third-order valence-corrected chi connectivity index (χ3v) is 9.02. The fourth-order valence-corrected chi connectivity index (χ4v) is 6.53. The van der Waals surface area contributed by atoms with Gasteiger partial charge in [0.05, 0.1) is 0 Å². The summed E-state index contributed by atoms with van der Waals surface area (Å²) in [6.07, 6.45) is 21.2. The monoisotopic (exact) mass is 652 g/mol. The topological polar surface area (TPSA) is 60.5 Å². The van der Waals surface area contributed by atoms with Gasteiger partial charge in [0.25, 0.3) is 0 Å². The molecule has 0 aliphatic carbocycles. The molecule has 2 aliphatic heterocycles. The lowest BCUT2D eigenvalue weighted by atomic mass is 9.84. The van der Waals surface area contributed by atoms with Gasteiger partial charge in [-0.15, -0.1) is 0 Å². The second kappa shape index (κ2) is 17.9. The summed E-state index contributed by atoms with van der Waals surface area (Å²) >= 11 is 0. The summed E-state index contributed by atoms with van der Waals surface area (Å²) in [5.74, 6) is 0.261. The van der Waals surface area contributed by atoms with Gasteiger partial charge < -0.3 is 28.7 Å². The van der Waals surface area contributed by atoms with Crippen molar-refractivity contribution in [3.8, 4) is 0 Å².